The van der Waals surface area contributed by atoms with Crippen molar-refractivity contribution >= 4 is 11.7 Å². The fourth-order valence-electron chi connectivity index (χ4n) is 3.99. The highest BCUT2D eigenvalue weighted by Crippen LogP contribution is 2.41. The number of esters is 1. The molecular formula is C25H23F3N2O4. The average molecular weight is 472 g/mol. The van der Waals surface area contributed by atoms with Crippen molar-refractivity contribution in [1.82, 2.24) is 4.98 Å². The Hall–Kier alpha value is -3.75. The molecule has 1 aliphatic heterocycles. The summed E-state index contributed by atoms with van der Waals surface area (Å²) >= 11 is 0. The summed E-state index contributed by atoms with van der Waals surface area (Å²) in [5.74, 6) is 0.539. The quantitative estimate of drug-likeness (QED) is 0.465. The Kier molecular flexibility index (Phi) is 6.37. The van der Waals surface area contributed by atoms with Gasteiger partial charge in [-0.25, -0.2) is 4.98 Å². The van der Waals surface area contributed by atoms with Gasteiger partial charge in [0.1, 0.15) is 12.4 Å². The molecular weight excluding hydrogens is 449 g/mol. The third-order valence-corrected chi connectivity index (χ3v) is 5.66. The lowest BCUT2D eigenvalue weighted by Crippen LogP contribution is -2.11. The third-order valence-electron chi connectivity index (χ3n) is 5.66. The summed E-state index contributed by atoms with van der Waals surface area (Å²) < 4.78 is 57.2. The number of halogens is 3. The molecule has 0 radical (unpaired) electrons. The van der Waals surface area contributed by atoms with Crippen LogP contribution >= 0.6 is 0 Å². The molecule has 0 amide bonds. The molecule has 0 fully saturated rings. The molecule has 34 heavy (non-hydrogen) atoms. The van der Waals surface area contributed by atoms with Crippen LogP contribution in [0, 0.1) is 6.92 Å². The Morgan fingerprint density at radius 1 is 1.21 bits per heavy atom. The zero-order valence-corrected chi connectivity index (χ0v) is 18.8. The molecule has 2 aromatic carbocycles. The van der Waals surface area contributed by atoms with E-state index in [9.17, 15) is 18.0 Å². The van der Waals surface area contributed by atoms with Crippen LogP contribution in [-0.4, -0.2) is 24.7 Å². The number of ether oxygens (including phenoxy) is 3. The van der Waals surface area contributed by atoms with Crippen LogP contribution in [0.15, 0.2) is 48.7 Å². The van der Waals surface area contributed by atoms with Crippen LogP contribution in [0.4, 0.5) is 18.9 Å². The number of carbonyl (C=O) groups excluding carboxylic acids is 1. The second-order valence-electron chi connectivity index (χ2n) is 7.87. The summed E-state index contributed by atoms with van der Waals surface area (Å²) in [5.41, 5.74) is 2.44. The van der Waals surface area contributed by atoms with Gasteiger partial charge in [-0.3, -0.25) is 4.79 Å². The van der Waals surface area contributed by atoms with E-state index in [2.05, 4.69) is 10.3 Å². The molecule has 1 atom stereocenters. The number of methoxy groups -OCH3 is 1. The first-order chi connectivity index (χ1) is 16.2. The van der Waals surface area contributed by atoms with Gasteiger partial charge in [-0.15, -0.1) is 0 Å². The zero-order valence-electron chi connectivity index (χ0n) is 18.8. The van der Waals surface area contributed by atoms with Gasteiger partial charge in [0.2, 0.25) is 5.88 Å². The lowest BCUT2D eigenvalue weighted by atomic mass is 9.92. The van der Waals surface area contributed by atoms with E-state index in [-0.39, 0.29) is 18.1 Å². The molecule has 0 unspecified atom stereocenters. The molecule has 0 saturated heterocycles. The number of anilines is 1. The van der Waals surface area contributed by atoms with Gasteiger partial charge in [-0.2, -0.15) is 13.2 Å². The number of aromatic nitrogens is 1. The number of rotatable bonds is 6. The van der Waals surface area contributed by atoms with Crippen molar-refractivity contribution in [2.24, 2.45) is 0 Å². The second kappa shape index (κ2) is 9.24. The van der Waals surface area contributed by atoms with E-state index in [1.54, 1.807) is 19.1 Å². The Labute approximate surface area is 194 Å². The van der Waals surface area contributed by atoms with Crippen LogP contribution in [0.3, 0.4) is 0 Å². The summed E-state index contributed by atoms with van der Waals surface area (Å²) in [6, 6.07) is 11.1. The molecule has 1 aromatic heterocycles. The first-order valence-corrected chi connectivity index (χ1v) is 10.5. The van der Waals surface area contributed by atoms with Crippen LogP contribution in [0.1, 0.15) is 35.3 Å². The molecule has 4 rings (SSSR count). The molecule has 6 nitrogen and oxygen atoms in total. The zero-order chi connectivity index (χ0) is 24.5. The number of benzene rings is 2. The lowest BCUT2D eigenvalue weighted by Gasteiger charge is -2.19. The van der Waals surface area contributed by atoms with Gasteiger partial charge in [0, 0.05) is 48.6 Å². The monoisotopic (exact) mass is 472 g/mol. The van der Waals surface area contributed by atoms with Gasteiger partial charge >= 0.3 is 12.1 Å². The number of hydrogen-bond donors (Lipinski definition) is 1. The normalized spacial score (nSPS) is 14.8. The van der Waals surface area contributed by atoms with Gasteiger partial charge in [-0.05, 0) is 47.9 Å². The Morgan fingerprint density at radius 2 is 2.00 bits per heavy atom. The maximum atomic E-state index is 13.8. The smallest absolute Gasteiger partial charge is 0.417 e. The number of fused-ring (bicyclic) bond motifs is 1. The van der Waals surface area contributed by atoms with Crippen molar-refractivity contribution in [1.29, 1.82) is 0 Å². The van der Waals surface area contributed by atoms with Gasteiger partial charge in [0.05, 0.1) is 12.7 Å². The number of hydrogen-bond acceptors (Lipinski definition) is 6. The van der Waals surface area contributed by atoms with E-state index in [4.69, 9.17) is 14.2 Å². The van der Waals surface area contributed by atoms with Crippen molar-refractivity contribution in [3.8, 4) is 22.8 Å². The van der Waals surface area contributed by atoms with Crippen LogP contribution in [0.2, 0.25) is 0 Å². The standard InChI is InChI=1S/C25H23F3N2O4/c1-14-16(11-29-18-6-7-19-21(10-18)33-13-22(19)34-15(2)31)4-8-20(25(26,27)28)24(14)17-5-9-23(32-3)30-12-17/h4-10,12,22,29H,11,13H2,1-3H3/t22-/m1/s1. The van der Waals surface area contributed by atoms with E-state index < -0.39 is 17.8 Å². The van der Waals surface area contributed by atoms with Gasteiger partial charge < -0.3 is 19.5 Å². The molecule has 1 N–H and O–H groups in total. The highest BCUT2D eigenvalue weighted by molar-refractivity contribution is 5.73. The summed E-state index contributed by atoms with van der Waals surface area (Å²) in [5, 5.41) is 3.24. The highest BCUT2D eigenvalue weighted by Gasteiger charge is 2.35. The summed E-state index contributed by atoms with van der Waals surface area (Å²) in [4.78, 5) is 15.3. The van der Waals surface area contributed by atoms with E-state index in [1.807, 2.05) is 12.1 Å². The number of nitrogens with one attached hydrogen (secondary N) is 1. The fraction of sp³-hybridized carbons (Fsp3) is 0.280. The number of nitrogens with zero attached hydrogens (tertiary/aromatic N) is 1. The van der Waals surface area contributed by atoms with Crippen molar-refractivity contribution in [2.45, 2.75) is 32.7 Å². The largest absolute Gasteiger partial charge is 0.489 e. The minimum absolute atomic E-state index is 0.0865. The SMILES string of the molecule is COc1ccc(-c2c(C(F)(F)F)ccc(CNc3ccc4c(c3)OC[C@H]4OC(C)=O)c2C)cn1. The van der Waals surface area contributed by atoms with Crippen LogP contribution in [-0.2, 0) is 22.3 Å². The minimum Gasteiger partial charge on any atom is -0.489 e. The van der Waals surface area contributed by atoms with Crippen molar-refractivity contribution in [2.75, 3.05) is 19.0 Å². The summed E-state index contributed by atoms with van der Waals surface area (Å²) in [7, 11) is 1.45. The van der Waals surface area contributed by atoms with Crippen molar-refractivity contribution in [3.63, 3.8) is 0 Å². The highest BCUT2D eigenvalue weighted by atomic mass is 19.4. The molecule has 178 valence electrons. The minimum atomic E-state index is -4.51. The molecule has 2 heterocycles. The first-order valence-electron chi connectivity index (χ1n) is 10.5. The molecule has 9 heteroatoms. The second-order valence-corrected chi connectivity index (χ2v) is 7.87. The Morgan fingerprint density at radius 3 is 2.65 bits per heavy atom. The number of alkyl halides is 3. The first kappa shape index (κ1) is 23.4. The molecule has 0 aliphatic carbocycles. The van der Waals surface area contributed by atoms with Gasteiger partial charge in [-0.1, -0.05) is 6.07 Å². The van der Waals surface area contributed by atoms with E-state index >= 15 is 0 Å². The van der Waals surface area contributed by atoms with E-state index in [0.717, 1.165) is 17.3 Å². The van der Waals surface area contributed by atoms with Gasteiger partial charge in [0.15, 0.2) is 6.10 Å². The van der Waals surface area contributed by atoms with Crippen LogP contribution < -0.4 is 14.8 Å². The van der Waals surface area contributed by atoms with Crippen LogP contribution in [0.5, 0.6) is 11.6 Å². The Bertz CT molecular complexity index is 1210. The molecule has 0 saturated carbocycles. The molecule has 3 aromatic rings. The van der Waals surface area contributed by atoms with Crippen molar-refractivity contribution in [3.05, 3.63) is 70.9 Å². The molecule has 0 bridgehead atoms. The average Bonchev–Trinajstić information content (AvgIpc) is 3.19. The van der Waals surface area contributed by atoms with Gasteiger partial charge in [0.25, 0.3) is 0 Å². The maximum Gasteiger partial charge on any atom is 0.417 e. The van der Waals surface area contributed by atoms with Crippen molar-refractivity contribution < 1.29 is 32.2 Å². The Balaban J connectivity index is 1.60. The van der Waals surface area contributed by atoms with E-state index in [0.29, 0.717) is 34.9 Å². The predicted octanol–water partition coefficient (Wildman–Crippen LogP) is 5.69. The topological polar surface area (TPSA) is 69.7 Å². The maximum absolute atomic E-state index is 13.8. The molecule has 0 spiro atoms. The third kappa shape index (κ3) is 4.78. The predicted molar refractivity (Wildman–Crippen MR) is 120 cm³/mol. The van der Waals surface area contributed by atoms with Crippen LogP contribution in [0.25, 0.3) is 11.1 Å². The lowest BCUT2D eigenvalue weighted by molar-refractivity contribution is -0.147. The molecule has 1 aliphatic rings. The number of pyridine rings is 1. The number of carbonyl (C=O) groups is 1. The fourth-order valence-corrected chi connectivity index (χ4v) is 3.99. The summed E-state index contributed by atoms with van der Waals surface area (Å²) in [6.45, 7) is 3.56. The summed E-state index contributed by atoms with van der Waals surface area (Å²) in [6.07, 6.45) is -3.58. The van der Waals surface area contributed by atoms with E-state index in [1.165, 1.54) is 32.4 Å².